The largest absolute Gasteiger partial charge is 0.321 e. The SMILES string of the molecule is [2H]c1c(Br)c([2H])n(C([2H])(F)F)c(=O)c1[2H]. The Balaban J connectivity index is 3.77. The smallest absolute Gasteiger partial charge is 0.269 e. The highest BCUT2D eigenvalue weighted by Crippen LogP contribution is 2.10. The standard InChI is InChI=1S/C6H4BrF2NO/c7-4-1-2-5(11)10(3-4)6(8)9/h1-3,6H/i1D,2D,3D,6D. The second-order valence-electron chi connectivity index (χ2n) is 1.56. The lowest BCUT2D eigenvalue weighted by molar-refractivity contribution is 0.0661. The van der Waals surface area contributed by atoms with Gasteiger partial charge in [-0.15, -0.1) is 0 Å². The van der Waals surface area contributed by atoms with Crippen molar-refractivity contribution in [2.24, 2.45) is 0 Å². The molecule has 60 valence electrons. The van der Waals surface area contributed by atoms with Gasteiger partial charge >= 0.3 is 6.53 Å². The molecule has 1 aromatic heterocycles. The van der Waals surface area contributed by atoms with Crippen LogP contribution in [0.4, 0.5) is 8.78 Å². The summed E-state index contributed by atoms with van der Waals surface area (Å²) >= 11 is 2.64. The summed E-state index contributed by atoms with van der Waals surface area (Å²) in [5, 5.41) is 0. The molecule has 1 heterocycles. The Morgan fingerprint density at radius 2 is 2.36 bits per heavy atom. The van der Waals surface area contributed by atoms with E-state index in [2.05, 4.69) is 15.9 Å². The number of nitrogens with zero attached hydrogens (tertiary/aromatic N) is 1. The van der Waals surface area contributed by atoms with E-state index in [1.165, 1.54) is 0 Å². The van der Waals surface area contributed by atoms with E-state index in [-0.39, 0.29) is 0 Å². The van der Waals surface area contributed by atoms with Gasteiger partial charge in [-0.05, 0) is 22.0 Å². The van der Waals surface area contributed by atoms with Crippen LogP contribution in [0.15, 0.2) is 27.5 Å². The molecule has 0 saturated heterocycles. The van der Waals surface area contributed by atoms with Gasteiger partial charge in [0.05, 0.1) is 4.11 Å². The summed E-state index contributed by atoms with van der Waals surface area (Å²) < 4.78 is 52.1. The molecule has 1 rings (SSSR count). The molecular formula is C6H4BrF2NO. The maximum absolute atomic E-state index is 12.6. The van der Waals surface area contributed by atoms with Gasteiger partial charge in [0.25, 0.3) is 5.56 Å². The van der Waals surface area contributed by atoms with E-state index in [1.54, 1.807) is 0 Å². The molecule has 0 bridgehead atoms. The first-order chi connectivity index (χ1) is 6.68. The minimum Gasteiger partial charge on any atom is -0.269 e. The molecule has 2 nitrogen and oxygen atoms in total. The molecule has 0 atom stereocenters. The Morgan fingerprint density at radius 3 is 2.91 bits per heavy atom. The molecule has 11 heavy (non-hydrogen) atoms. The maximum Gasteiger partial charge on any atom is 0.321 e. The third-order valence-electron chi connectivity index (χ3n) is 0.861. The van der Waals surface area contributed by atoms with Gasteiger partial charge in [-0.1, -0.05) is 0 Å². The highest BCUT2D eigenvalue weighted by molar-refractivity contribution is 9.10. The van der Waals surface area contributed by atoms with Gasteiger partial charge in [-0.25, -0.2) is 0 Å². The molecule has 0 saturated carbocycles. The molecule has 0 amide bonds. The molecule has 0 fully saturated rings. The van der Waals surface area contributed by atoms with Crippen molar-refractivity contribution >= 4 is 15.9 Å². The van der Waals surface area contributed by atoms with E-state index >= 15 is 0 Å². The molecule has 0 radical (unpaired) electrons. The monoisotopic (exact) mass is 227 g/mol. The van der Waals surface area contributed by atoms with Crippen LogP contribution >= 0.6 is 15.9 Å². The van der Waals surface area contributed by atoms with E-state index in [9.17, 15) is 13.6 Å². The van der Waals surface area contributed by atoms with Crippen LogP contribution in [0.3, 0.4) is 0 Å². The summed E-state index contributed by atoms with van der Waals surface area (Å²) in [6, 6.07) is -1.63. The molecule has 0 aliphatic rings. The van der Waals surface area contributed by atoms with Gasteiger partial charge in [0.1, 0.15) is 1.37 Å². The molecule has 5 heteroatoms. The van der Waals surface area contributed by atoms with Crippen LogP contribution < -0.4 is 5.56 Å². The number of alkyl halides is 2. The van der Waals surface area contributed by atoms with E-state index in [0.29, 0.717) is 0 Å². The Hall–Kier alpha value is -0.710. The van der Waals surface area contributed by atoms with Crippen molar-refractivity contribution in [2.75, 3.05) is 0 Å². The number of aromatic nitrogens is 1. The van der Waals surface area contributed by atoms with Gasteiger partial charge in [0, 0.05) is 16.7 Å². The maximum atomic E-state index is 12.6. The first-order valence-electron chi connectivity index (χ1n) is 4.44. The zero-order valence-electron chi connectivity index (χ0n) is 8.99. The van der Waals surface area contributed by atoms with Crippen molar-refractivity contribution in [1.29, 1.82) is 0 Å². The lowest BCUT2D eigenvalue weighted by Crippen LogP contribution is -2.18. The van der Waals surface area contributed by atoms with Gasteiger partial charge < -0.3 is 0 Å². The van der Waals surface area contributed by atoms with Gasteiger partial charge in [-0.3, -0.25) is 9.36 Å². The van der Waals surface area contributed by atoms with Gasteiger partial charge in [0.2, 0.25) is 0 Å². The van der Waals surface area contributed by atoms with Crippen molar-refractivity contribution in [3.63, 3.8) is 0 Å². The lowest BCUT2D eigenvalue weighted by atomic mass is 10.5. The van der Waals surface area contributed by atoms with Crippen LogP contribution in [0.1, 0.15) is 12.0 Å². The summed E-state index contributed by atoms with van der Waals surface area (Å²) in [4.78, 5) is 11.1. The first kappa shape index (κ1) is 4.35. The second kappa shape index (κ2) is 3.13. The predicted molar refractivity (Wildman–Crippen MR) is 39.7 cm³/mol. The van der Waals surface area contributed by atoms with Gasteiger partial charge in [-0.2, -0.15) is 8.78 Å². The highest BCUT2D eigenvalue weighted by Gasteiger charge is 2.06. The Kier molecular flexibility index (Phi) is 1.24. The molecule has 0 aliphatic carbocycles. The molecule has 0 N–H and O–H groups in total. The minimum atomic E-state index is -4.32. The second-order valence-corrected chi connectivity index (χ2v) is 2.35. The fraction of sp³-hybridized carbons (Fsp3) is 0.167. The number of halogens is 3. The highest BCUT2D eigenvalue weighted by atomic mass is 79.9. The summed E-state index contributed by atoms with van der Waals surface area (Å²) in [5.41, 5.74) is -1.53. The van der Waals surface area contributed by atoms with E-state index in [0.717, 1.165) is 0 Å². The zero-order chi connectivity index (χ0) is 12.0. The number of hydrogen-bond donors (Lipinski definition) is 0. The third kappa shape index (κ3) is 1.86. The van der Waals surface area contributed by atoms with Gasteiger partial charge in [0.15, 0.2) is 0 Å². The fourth-order valence-corrected chi connectivity index (χ4v) is 0.737. The summed E-state index contributed by atoms with van der Waals surface area (Å²) in [6.45, 7) is -4.32. The normalized spacial score (nSPS) is 16.6. The van der Waals surface area contributed by atoms with Crippen molar-refractivity contribution in [3.05, 3.63) is 33.1 Å². The zero-order valence-corrected chi connectivity index (χ0v) is 6.58. The molecule has 0 aromatic carbocycles. The van der Waals surface area contributed by atoms with Crippen molar-refractivity contribution < 1.29 is 14.3 Å². The van der Waals surface area contributed by atoms with Crippen LogP contribution in [-0.2, 0) is 0 Å². The Bertz CT molecular complexity index is 470. The fourth-order valence-electron chi connectivity index (χ4n) is 0.460. The third-order valence-corrected chi connectivity index (χ3v) is 1.24. The predicted octanol–water partition coefficient (Wildman–Crippen LogP) is 2.01. The van der Waals surface area contributed by atoms with E-state index in [4.69, 9.17) is 5.48 Å². The number of hydrogen-bond acceptors (Lipinski definition) is 1. The van der Waals surface area contributed by atoms with Crippen LogP contribution in [0.2, 0.25) is 0 Å². The quantitative estimate of drug-likeness (QED) is 0.720. The molecule has 0 unspecified atom stereocenters. The Morgan fingerprint density at radius 1 is 1.73 bits per heavy atom. The number of rotatable bonds is 1. The summed E-state index contributed by atoms with van der Waals surface area (Å²) in [6.07, 6.45) is -0.999. The Labute approximate surface area is 75.2 Å². The first-order valence-corrected chi connectivity index (χ1v) is 3.23. The molecular weight excluding hydrogens is 220 g/mol. The topological polar surface area (TPSA) is 22.0 Å². The van der Waals surface area contributed by atoms with E-state index in [1.807, 2.05) is 0 Å². The van der Waals surface area contributed by atoms with Crippen LogP contribution in [0, 0.1) is 0 Å². The summed E-state index contributed by atoms with van der Waals surface area (Å²) in [5.74, 6) is 0. The average molecular weight is 228 g/mol. The lowest BCUT2D eigenvalue weighted by Gasteiger charge is -2.02. The summed E-state index contributed by atoms with van der Waals surface area (Å²) in [7, 11) is 0. The average Bonchev–Trinajstić information content (AvgIpc) is 2.09. The van der Waals surface area contributed by atoms with Crippen molar-refractivity contribution in [1.82, 2.24) is 4.57 Å². The number of pyridine rings is 1. The van der Waals surface area contributed by atoms with Crippen molar-refractivity contribution in [3.8, 4) is 0 Å². The van der Waals surface area contributed by atoms with E-state index < -0.39 is 39.4 Å². The van der Waals surface area contributed by atoms with Crippen LogP contribution in [0.5, 0.6) is 0 Å². The van der Waals surface area contributed by atoms with Crippen molar-refractivity contribution in [2.45, 2.75) is 6.53 Å². The molecule has 0 spiro atoms. The molecule has 0 aliphatic heterocycles. The van der Waals surface area contributed by atoms with Crippen LogP contribution in [-0.4, -0.2) is 4.57 Å². The van der Waals surface area contributed by atoms with Crippen LogP contribution in [0.25, 0.3) is 0 Å². The molecule has 1 aromatic rings. The minimum absolute atomic E-state index is 0.418.